The fraction of sp³-hybridized carbons (Fsp3) is 0.778. The van der Waals surface area contributed by atoms with Gasteiger partial charge in [0.25, 0.3) is 0 Å². The van der Waals surface area contributed by atoms with Gasteiger partial charge in [0.1, 0.15) is 5.66 Å². The Morgan fingerprint density at radius 2 is 1.75 bits per heavy atom. The first kappa shape index (κ1) is 11.5. The van der Waals surface area contributed by atoms with Crippen molar-refractivity contribution >= 4 is 0 Å². The molecule has 0 aliphatic heterocycles. The summed E-state index contributed by atoms with van der Waals surface area (Å²) in [6.07, 6.45) is 2.14. The summed E-state index contributed by atoms with van der Waals surface area (Å²) in [5.41, 5.74) is 0.818. The molecule has 0 unspecified atom stereocenters. The van der Waals surface area contributed by atoms with Gasteiger partial charge in [-0.2, -0.15) is 0 Å². The molecule has 0 fully saturated rings. The molecule has 0 aromatic heterocycles. The van der Waals surface area contributed by atoms with E-state index < -0.39 is 0 Å². The maximum atomic E-state index is 3.97. The standard InChI is InChI=1S/C9H21N3/c1-6-7-9(11-4,12-5)8(2)10-3/h10-12H,2,6-7H2,1,3-5H3. The molecule has 0 bridgehead atoms. The van der Waals surface area contributed by atoms with Crippen LogP contribution in [0.3, 0.4) is 0 Å². The van der Waals surface area contributed by atoms with Crippen LogP contribution in [0.1, 0.15) is 19.8 Å². The number of rotatable bonds is 6. The van der Waals surface area contributed by atoms with E-state index in [2.05, 4.69) is 29.5 Å². The molecule has 0 saturated carbocycles. The number of hydrogen-bond acceptors (Lipinski definition) is 3. The van der Waals surface area contributed by atoms with Crippen LogP contribution in [0.2, 0.25) is 0 Å². The van der Waals surface area contributed by atoms with Gasteiger partial charge in [-0.3, -0.25) is 10.6 Å². The van der Waals surface area contributed by atoms with E-state index in [9.17, 15) is 0 Å². The molecule has 0 aliphatic rings. The van der Waals surface area contributed by atoms with E-state index in [0.717, 1.165) is 18.5 Å². The summed E-state index contributed by atoms with van der Waals surface area (Å²) in [5.74, 6) is 0. The minimum atomic E-state index is -0.163. The molecule has 0 amide bonds. The summed E-state index contributed by atoms with van der Waals surface area (Å²) >= 11 is 0. The van der Waals surface area contributed by atoms with E-state index in [4.69, 9.17) is 0 Å². The van der Waals surface area contributed by atoms with Crippen molar-refractivity contribution in [1.82, 2.24) is 16.0 Å². The van der Waals surface area contributed by atoms with E-state index in [0.29, 0.717) is 0 Å². The second-order valence-corrected chi connectivity index (χ2v) is 2.88. The van der Waals surface area contributed by atoms with Gasteiger partial charge in [0.15, 0.2) is 0 Å². The first-order valence-electron chi connectivity index (χ1n) is 4.41. The van der Waals surface area contributed by atoms with Crippen LogP contribution in [0.15, 0.2) is 12.3 Å². The highest BCUT2D eigenvalue weighted by Gasteiger charge is 2.27. The molecule has 0 spiro atoms. The highest BCUT2D eigenvalue weighted by atomic mass is 15.2. The molecule has 72 valence electrons. The number of nitrogens with one attached hydrogen (secondary N) is 3. The minimum Gasteiger partial charge on any atom is -0.389 e. The molecule has 12 heavy (non-hydrogen) atoms. The molecule has 0 aliphatic carbocycles. The maximum Gasteiger partial charge on any atom is 0.109 e. The lowest BCUT2D eigenvalue weighted by molar-refractivity contribution is 0.312. The van der Waals surface area contributed by atoms with Crippen molar-refractivity contribution in [2.24, 2.45) is 0 Å². The Morgan fingerprint density at radius 1 is 1.25 bits per heavy atom. The average molecular weight is 171 g/mol. The minimum absolute atomic E-state index is 0.163. The first-order valence-corrected chi connectivity index (χ1v) is 4.41. The van der Waals surface area contributed by atoms with Gasteiger partial charge in [-0.25, -0.2) is 0 Å². The highest BCUT2D eigenvalue weighted by Crippen LogP contribution is 2.14. The Labute approximate surface area is 75.6 Å². The third-order valence-corrected chi connectivity index (χ3v) is 2.30. The molecule has 0 saturated heterocycles. The van der Waals surface area contributed by atoms with Gasteiger partial charge in [-0.05, 0) is 20.5 Å². The lowest BCUT2D eigenvalue weighted by Gasteiger charge is -2.34. The van der Waals surface area contributed by atoms with Gasteiger partial charge in [-0.1, -0.05) is 19.9 Å². The predicted octanol–water partition coefficient (Wildman–Crippen LogP) is 0.655. The van der Waals surface area contributed by atoms with Crippen molar-refractivity contribution < 1.29 is 0 Å². The van der Waals surface area contributed by atoms with Crippen molar-refractivity contribution in [3.8, 4) is 0 Å². The Morgan fingerprint density at radius 3 is 2.00 bits per heavy atom. The average Bonchev–Trinajstić information content (AvgIpc) is 2.13. The van der Waals surface area contributed by atoms with Crippen molar-refractivity contribution in [2.75, 3.05) is 21.1 Å². The molecule has 0 heterocycles. The Balaban J connectivity index is 4.44. The smallest absolute Gasteiger partial charge is 0.109 e. The Hall–Kier alpha value is -0.540. The van der Waals surface area contributed by atoms with Gasteiger partial charge < -0.3 is 5.32 Å². The summed E-state index contributed by atoms with van der Waals surface area (Å²) in [4.78, 5) is 0. The van der Waals surface area contributed by atoms with Crippen LogP contribution < -0.4 is 16.0 Å². The van der Waals surface area contributed by atoms with Crippen LogP contribution in [0.4, 0.5) is 0 Å². The van der Waals surface area contributed by atoms with Crippen LogP contribution in [0.25, 0.3) is 0 Å². The number of likely N-dealkylation sites (N-methyl/N-ethyl adjacent to an activating group) is 3. The zero-order valence-electron chi connectivity index (χ0n) is 8.62. The van der Waals surface area contributed by atoms with E-state index in [1.54, 1.807) is 0 Å². The summed E-state index contributed by atoms with van der Waals surface area (Å²) in [6, 6.07) is 0. The molecule has 3 heteroatoms. The third kappa shape index (κ3) is 2.22. The fourth-order valence-corrected chi connectivity index (χ4v) is 1.42. The van der Waals surface area contributed by atoms with E-state index in [1.165, 1.54) is 0 Å². The summed E-state index contributed by atoms with van der Waals surface area (Å²) in [7, 11) is 5.77. The van der Waals surface area contributed by atoms with Crippen LogP contribution in [0.5, 0.6) is 0 Å². The van der Waals surface area contributed by atoms with E-state index in [1.807, 2.05) is 21.1 Å². The van der Waals surface area contributed by atoms with E-state index >= 15 is 0 Å². The van der Waals surface area contributed by atoms with Gasteiger partial charge in [0.05, 0.1) is 0 Å². The molecule has 0 rings (SSSR count). The second kappa shape index (κ2) is 5.17. The quantitative estimate of drug-likeness (QED) is 0.514. The molecular formula is C9H21N3. The van der Waals surface area contributed by atoms with Crippen LogP contribution in [0, 0.1) is 0 Å². The lowest BCUT2D eigenvalue weighted by Crippen LogP contribution is -2.57. The van der Waals surface area contributed by atoms with Crippen LogP contribution >= 0.6 is 0 Å². The normalized spacial score (nSPS) is 11.3. The zero-order chi connectivity index (χ0) is 9.61. The second-order valence-electron chi connectivity index (χ2n) is 2.88. The van der Waals surface area contributed by atoms with Gasteiger partial charge in [-0.15, -0.1) is 0 Å². The summed E-state index contributed by atoms with van der Waals surface area (Å²) in [5, 5.41) is 9.56. The van der Waals surface area contributed by atoms with Crippen molar-refractivity contribution in [3.05, 3.63) is 12.3 Å². The molecule has 0 radical (unpaired) electrons. The SMILES string of the molecule is C=C(NC)C(CCC)(NC)NC. The van der Waals surface area contributed by atoms with Crippen molar-refractivity contribution in [3.63, 3.8) is 0 Å². The summed E-state index contributed by atoms with van der Waals surface area (Å²) < 4.78 is 0. The number of hydrogen-bond donors (Lipinski definition) is 3. The fourth-order valence-electron chi connectivity index (χ4n) is 1.42. The first-order chi connectivity index (χ1) is 5.66. The van der Waals surface area contributed by atoms with Crippen molar-refractivity contribution in [2.45, 2.75) is 25.4 Å². The summed E-state index contributed by atoms with van der Waals surface area (Å²) in [6.45, 7) is 6.13. The molecule has 3 N–H and O–H groups in total. The largest absolute Gasteiger partial charge is 0.389 e. The van der Waals surface area contributed by atoms with E-state index in [-0.39, 0.29) is 5.66 Å². The molecule has 0 aromatic rings. The Kier molecular flexibility index (Phi) is 4.93. The topological polar surface area (TPSA) is 36.1 Å². The van der Waals surface area contributed by atoms with Crippen molar-refractivity contribution in [1.29, 1.82) is 0 Å². The van der Waals surface area contributed by atoms with Crippen LogP contribution in [-0.2, 0) is 0 Å². The third-order valence-electron chi connectivity index (χ3n) is 2.30. The monoisotopic (exact) mass is 171 g/mol. The lowest BCUT2D eigenvalue weighted by atomic mass is 10.0. The molecule has 0 atom stereocenters. The molecule has 3 nitrogen and oxygen atoms in total. The predicted molar refractivity (Wildman–Crippen MR) is 54.0 cm³/mol. The van der Waals surface area contributed by atoms with Gasteiger partial charge >= 0.3 is 0 Å². The molecular weight excluding hydrogens is 150 g/mol. The van der Waals surface area contributed by atoms with Gasteiger partial charge in [0, 0.05) is 12.7 Å². The maximum absolute atomic E-state index is 3.97. The zero-order valence-corrected chi connectivity index (χ0v) is 8.62. The van der Waals surface area contributed by atoms with Crippen LogP contribution in [-0.4, -0.2) is 26.8 Å². The highest BCUT2D eigenvalue weighted by molar-refractivity contribution is 5.12. The Bertz CT molecular complexity index is 139. The molecule has 0 aromatic carbocycles. The van der Waals surface area contributed by atoms with Gasteiger partial charge in [0.2, 0.25) is 0 Å².